The van der Waals surface area contributed by atoms with E-state index in [1.54, 1.807) is 417 Å². The molecular formula is C129H242. The van der Waals surface area contributed by atoms with Crippen molar-refractivity contribution in [2.75, 3.05) is 0 Å². The lowest BCUT2D eigenvalue weighted by atomic mass is 9.50. The molecule has 0 aromatic heterocycles. The third kappa shape index (κ3) is 34.7. The molecule has 38 saturated carbocycles. The van der Waals surface area contributed by atoms with Crippen LogP contribution in [0.4, 0.5) is 0 Å². The highest BCUT2D eigenvalue weighted by atomic mass is 14.6. The summed E-state index contributed by atoms with van der Waals surface area (Å²) in [5.41, 5.74) is 0.800. The molecule has 0 amide bonds. The summed E-state index contributed by atoms with van der Waals surface area (Å²) in [6, 6.07) is 0. The molecular weight excluding hydrogens is 1550 g/mol. The van der Waals surface area contributed by atoms with Gasteiger partial charge in [-0.2, -0.15) is 0 Å². The van der Waals surface area contributed by atoms with Crippen molar-refractivity contribution >= 4 is 0 Å². The van der Waals surface area contributed by atoms with E-state index in [1.807, 2.05) is 138 Å². The molecule has 0 saturated heterocycles. The molecule has 0 nitrogen and oxygen atoms in total. The smallest absolute Gasteiger partial charge is 0.0318 e. The first-order valence-corrected chi connectivity index (χ1v) is 63.4. The molecule has 38 aliphatic carbocycles. The summed E-state index contributed by atoms with van der Waals surface area (Å²) in [6.07, 6.45) is 110. The van der Waals surface area contributed by atoms with Gasteiger partial charge in [-0.3, -0.25) is 0 Å². The van der Waals surface area contributed by atoms with Crippen molar-refractivity contribution in [2.24, 2.45) is 218 Å². The fraction of sp³-hybridized carbons (Fsp3) is 1.00. The van der Waals surface area contributed by atoms with Crippen LogP contribution in [0.3, 0.4) is 0 Å². The van der Waals surface area contributed by atoms with E-state index in [1.165, 1.54) is 139 Å². The lowest BCUT2D eigenvalue weighted by Crippen LogP contribution is -2.44. The van der Waals surface area contributed by atoms with Gasteiger partial charge < -0.3 is 0 Å². The number of rotatable bonds is 0. The number of hydrogen-bond donors (Lipinski definition) is 0. The largest absolute Gasteiger partial charge is 0.0683 e. The van der Waals surface area contributed by atoms with Crippen LogP contribution in [0.15, 0.2) is 0 Å². The third-order valence-corrected chi connectivity index (χ3v) is 42.4. The zero-order valence-electron chi connectivity index (χ0n) is 92.8. The first-order valence-electron chi connectivity index (χ1n) is 63.4. The Morgan fingerprint density at radius 2 is 0.233 bits per heavy atom. The standard InChI is InChI=1S/4C11H18.2C9H14.2C9H16.C8H14.3C7H12.10C2H6/c1-11-5-8-2-9(6-11)4-10(3-8)7-11;1-7-10-3-8-2-9(5-10)6-11(7)4-8;2*1-2-9-5-10-3-8(1)4-11(6-9)7-10;2*1-6-2-8-4-7(1)5-9(8)3-6;2*1-3-8-5-2-6-9(4-1)7-8;1-2-8-5-3-7(1)4-6-8;2*1-2-7-4-3-6(1)5-7;1-2-6-4-7(3-1)5-6;10*1-2/h8-10H,2-7H2,1H3;7-11H,2-6H2,1H3;2*8-11H,1-7H2;2*6-9H,1-5H2;2*8-9H,1-7H2;7-8H,1-6H2;3*6-7H,1-5H2;10*1-2H3. The van der Waals surface area contributed by atoms with Crippen molar-refractivity contribution in [1.82, 2.24) is 0 Å². The van der Waals surface area contributed by atoms with Gasteiger partial charge in [0, 0.05) is 0 Å². The first-order chi connectivity index (χ1) is 63.4. The molecule has 758 valence electrons. The summed E-state index contributed by atoms with van der Waals surface area (Å²) in [4.78, 5) is 0. The molecule has 0 aromatic carbocycles. The summed E-state index contributed by atoms with van der Waals surface area (Å²) < 4.78 is 0. The average Bonchev–Trinajstić information content (AvgIpc) is 1.72. The molecule has 129 heavy (non-hydrogen) atoms. The Bertz CT molecular complexity index is 2310. The van der Waals surface area contributed by atoms with Crippen molar-refractivity contribution < 1.29 is 0 Å². The van der Waals surface area contributed by atoms with Crippen LogP contribution < -0.4 is 0 Å². The Morgan fingerprint density at radius 3 is 0.388 bits per heavy atom. The van der Waals surface area contributed by atoms with Gasteiger partial charge in [-0.25, -0.2) is 0 Å². The summed E-state index contributed by atoms with van der Waals surface area (Å²) in [5, 5.41) is 0. The van der Waals surface area contributed by atoms with Crippen LogP contribution >= 0.6 is 0 Å². The maximum absolute atomic E-state index is 2.54. The fourth-order valence-corrected chi connectivity index (χ4v) is 38.2. The highest BCUT2D eigenvalue weighted by Crippen LogP contribution is 2.63. The van der Waals surface area contributed by atoms with Crippen molar-refractivity contribution in [3.05, 3.63) is 0 Å². The van der Waals surface area contributed by atoms with Gasteiger partial charge in [0.2, 0.25) is 0 Å². The molecule has 38 fully saturated rings. The van der Waals surface area contributed by atoms with Gasteiger partial charge in [-0.1, -0.05) is 364 Å². The second-order valence-electron chi connectivity index (χ2n) is 50.8. The minimum atomic E-state index is 0.800. The fourth-order valence-electron chi connectivity index (χ4n) is 38.2. The normalized spacial score (nSPS) is 45.2. The van der Waals surface area contributed by atoms with E-state index >= 15 is 0 Å². The van der Waals surface area contributed by atoms with Crippen LogP contribution in [0.1, 0.15) is 602 Å². The Hall–Kier alpha value is 0. The molecule has 0 radical (unpaired) electrons. The van der Waals surface area contributed by atoms with Crippen molar-refractivity contribution in [1.29, 1.82) is 0 Å². The molecule has 0 spiro atoms. The summed E-state index contributed by atoms with van der Waals surface area (Å²) in [7, 11) is 0. The highest BCUT2D eigenvalue weighted by molar-refractivity contribution is 5.03. The molecule has 38 aliphatic rings. The lowest BCUT2D eigenvalue weighted by Gasteiger charge is -2.55. The third-order valence-electron chi connectivity index (χ3n) is 42.4. The summed E-state index contributed by atoms with van der Waals surface area (Å²) >= 11 is 0. The lowest BCUT2D eigenvalue weighted by molar-refractivity contribution is -0.0411. The Balaban J connectivity index is 0.000000156. The quantitative estimate of drug-likeness (QED) is 0.227. The van der Waals surface area contributed by atoms with Crippen LogP contribution in [-0.2, 0) is 0 Å². The van der Waals surface area contributed by atoms with Crippen molar-refractivity contribution in [3.63, 3.8) is 0 Å². The predicted octanol–water partition coefficient (Wildman–Crippen LogP) is 43.0. The maximum Gasteiger partial charge on any atom is -0.0318 e. The molecule has 36 bridgehead atoms. The zero-order valence-corrected chi connectivity index (χ0v) is 92.8. The monoisotopic (exact) mass is 1790 g/mol. The van der Waals surface area contributed by atoms with Crippen molar-refractivity contribution in [3.8, 4) is 0 Å². The molecule has 0 heterocycles. The van der Waals surface area contributed by atoms with Gasteiger partial charge in [-0.15, -0.1) is 0 Å². The second kappa shape index (κ2) is 61.0. The van der Waals surface area contributed by atoms with E-state index in [9.17, 15) is 0 Å². The minimum absolute atomic E-state index is 0.800. The van der Waals surface area contributed by atoms with Gasteiger partial charge in [0.05, 0.1) is 0 Å². The molecule has 0 atom stereocenters. The second-order valence-corrected chi connectivity index (χ2v) is 50.8. The molecule has 0 N–H and O–H groups in total. The highest BCUT2D eigenvalue weighted by Gasteiger charge is 2.52. The van der Waals surface area contributed by atoms with E-state index < -0.39 is 0 Å². The van der Waals surface area contributed by atoms with E-state index in [0.717, 1.165) is 112 Å². The van der Waals surface area contributed by atoms with Crippen LogP contribution in [0.5, 0.6) is 0 Å². The summed E-state index contributed by atoms with van der Waals surface area (Å²) in [5.74, 6) is 41.9. The minimum Gasteiger partial charge on any atom is -0.0683 e. The Morgan fingerprint density at radius 1 is 0.116 bits per heavy atom. The molecule has 38 rings (SSSR count). The Kier molecular flexibility index (Phi) is 53.2. The van der Waals surface area contributed by atoms with Crippen LogP contribution in [0, 0.1) is 218 Å². The maximum atomic E-state index is 2.54. The van der Waals surface area contributed by atoms with Crippen LogP contribution in [0.25, 0.3) is 0 Å². The van der Waals surface area contributed by atoms with Gasteiger partial charge in [0.1, 0.15) is 0 Å². The van der Waals surface area contributed by atoms with Crippen LogP contribution in [-0.4, -0.2) is 0 Å². The van der Waals surface area contributed by atoms with Crippen LogP contribution in [0.2, 0.25) is 0 Å². The molecule has 0 unspecified atom stereocenters. The van der Waals surface area contributed by atoms with Crippen molar-refractivity contribution in [2.45, 2.75) is 602 Å². The van der Waals surface area contributed by atoms with Gasteiger partial charge in [-0.05, 0) is 456 Å². The molecule has 0 aromatic rings. The SMILES string of the molecule is C1C2CC3CC1CC3C2.C1C2CC3CC1CC3C2.C1CC2CC(C1)C2.C1CC2CC3CC1CC(C2)C3.C1CC2CC3CC1CC(C2)C3.C1CC2CCC1C2.C1CC2CCC1C2.C1CC2CCC1CC2.C1CC2CCCC(C1)C2.C1CC2CCCC(C1)C2.CC.CC.CC.CC.CC.CC.CC.CC.CC.CC.CC12CC3CC(CC(C3)C1)C2.CC1C2CC3CC(C2)CC1C3. The van der Waals surface area contributed by atoms with E-state index in [2.05, 4.69) is 13.8 Å². The van der Waals surface area contributed by atoms with E-state index in [0.29, 0.717) is 0 Å². The molecule has 0 aliphatic heterocycles. The van der Waals surface area contributed by atoms with E-state index in [-0.39, 0.29) is 0 Å². The average molecular weight is 1790 g/mol. The van der Waals surface area contributed by atoms with Gasteiger partial charge >= 0.3 is 0 Å². The molecule has 0 heteroatoms. The van der Waals surface area contributed by atoms with Gasteiger partial charge in [0.25, 0.3) is 0 Å². The summed E-state index contributed by atoms with van der Waals surface area (Å²) in [6.45, 7) is 45.0. The zero-order chi connectivity index (χ0) is 92.8. The predicted molar refractivity (Wildman–Crippen MR) is 576 cm³/mol. The number of hydrogen-bond acceptors (Lipinski definition) is 0. The Labute approximate surface area is 814 Å². The number of fused-ring (bicyclic) bond motifs is 15. The van der Waals surface area contributed by atoms with E-state index in [4.69, 9.17) is 0 Å². The first kappa shape index (κ1) is 113. The topological polar surface area (TPSA) is 0 Å². The van der Waals surface area contributed by atoms with Gasteiger partial charge in [0.15, 0.2) is 0 Å².